The Morgan fingerprint density at radius 2 is 1.44 bits per heavy atom. The lowest BCUT2D eigenvalue weighted by Gasteiger charge is -2.07. The average molecular weight is 386 g/mol. The summed E-state index contributed by atoms with van der Waals surface area (Å²) < 4.78 is 21.0. The van der Waals surface area contributed by atoms with E-state index in [0.29, 0.717) is 59.2 Å². The maximum atomic E-state index is 9.96. The van der Waals surface area contributed by atoms with Crippen molar-refractivity contribution >= 4 is 6.29 Å². The number of carbonyl (C=O) groups excluding carboxylic acids is 1. The van der Waals surface area contributed by atoms with Gasteiger partial charge in [-0.1, -0.05) is 0 Å². The lowest BCUT2D eigenvalue weighted by Crippen LogP contribution is -2.17. The Morgan fingerprint density at radius 1 is 0.926 bits per heavy atom. The number of hydrogen-bond acceptors (Lipinski definition) is 8. The molecule has 0 amide bonds. The zero-order valence-corrected chi connectivity index (χ0v) is 16.4. The van der Waals surface area contributed by atoms with Crippen LogP contribution in [0.3, 0.4) is 0 Å². The fourth-order valence-electron chi connectivity index (χ4n) is 1.79. The first-order chi connectivity index (χ1) is 13.3. The Hall–Kier alpha value is -1.42. The van der Waals surface area contributed by atoms with Gasteiger partial charge in [-0.25, -0.2) is 0 Å². The summed E-state index contributed by atoms with van der Waals surface area (Å²) in [7, 11) is 1.90. The molecule has 0 aliphatic carbocycles. The molecule has 0 radical (unpaired) electrons. The van der Waals surface area contributed by atoms with Gasteiger partial charge >= 0.3 is 0 Å². The Kier molecular flexibility index (Phi) is 21.4. The second kappa shape index (κ2) is 22.6. The van der Waals surface area contributed by atoms with Gasteiger partial charge in [0.05, 0.1) is 52.9 Å². The number of aldehydes is 1. The van der Waals surface area contributed by atoms with Crippen LogP contribution in [0.25, 0.3) is 0 Å². The van der Waals surface area contributed by atoms with Gasteiger partial charge in [0, 0.05) is 31.9 Å². The molecule has 0 spiro atoms. The number of nitrogens with zero attached hydrogens (tertiary/aromatic N) is 1. The normalized spacial score (nSPS) is 10.3. The summed E-state index contributed by atoms with van der Waals surface area (Å²) in [5.74, 6) is 0. The van der Waals surface area contributed by atoms with Crippen LogP contribution in [-0.2, 0) is 30.2 Å². The van der Waals surface area contributed by atoms with E-state index in [1.54, 1.807) is 12.4 Å². The number of hydrogen-bond donors (Lipinski definition) is 2. The van der Waals surface area contributed by atoms with Gasteiger partial charge in [0.15, 0.2) is 0 Å². The molecule has 3 N–H and O–H groups in total. The van der Waals surface area contributed by atoms with Crippen molar-refractivity contribution in [3.63, 3.8) is 0 Å². The topological polar surface area (TPSA) is 105 Å². The van der Waals surface area contributed by atoms with E-state index in [9.17, 15) is 4.79 Å². The van der Waals surface area contributed by atoms with Gasteiger partial charge in [-0.05, 0) is 31.2 Å². The minimum atomic E-state index is 0.552. The smallest absolute Gasteiger partial charge is 0.120 e. The lowest BCUT2D eigenvalue weighted by atomic mass is 10.2. The van der Waals surface area contributed by atoms with Crippen LogP contribution >= 0.6 is 0 Å². The number of likely N-dealkylation sites (N-methyl/N-ethyl adjacent to an activating group) is 1. The van der Waals surface area contributed by atoms with E-state index in [-0.39, 0.29) is 0 Å². The number of ether oxygens (including phenoxy) is 4. The molecule has 156 valence electrons. The highest BCUT2D eigenvalue weighted by Gasteiger charge is 1.92. The number of aryl methyl sites for hydroxylation is 1. The van der Waals surface area contributed by atoms with Crippen molar-refractivity contribution in [2.45, 2.75) is 12.8 Å². The summed E-state index contributed by atoms with van der Waals surface area (Å²) >= 11 is 0. The van der Waals surface area contributed by atoms with Gasteiger partial charge in [0.1, 0.15) is 6.29 Å². The van der Waals surface area contributed by atoms with E-state index in [2.05, 4.69) is 10.3 Å². The van der Waals surface area contributed by atoms with Crippen LogP contribution < -0.4 is 11.1 Å². The van der Waals surface area contributed by atoms with Gasteiger partial charge in [-0.15, -0.1) is 0 Å². The van der Waals surface area contributed by atoms with Gasteiger partial charge in [-0.3, -0.25) is 4.98 Å². The lowest BCUT2D eigenvalue weighted by molar-refractivity contribution is -0.107. The van der Waals surface area contributed by atoms with E-state index in [1.807, 2.05) is 19.2 Å². The maximum Gasteiger partial charge on any atom is 0.120 e. The van der Waals surface area contributed by atoms with Crippen molar-refractivity contribution in [1.29, 1.82) is 0 Å². The van der Waals surface area contributed by atoms with Crippen molar-refractivity contribution in [3.05, 3.63) is 30.1 Å². The Bertz CT molecular complexity index is 396. The number of nitrogens with one attached hydrogen (secondary N) is 1. The molecule has 1 rings (SSSR count). The third-order valence-electron chi connectivity index (χ3n) is 3.17. The number of nitrogens with two attached hydrogens (primary N) is 1. The molecule has 8 heteroatoms. The number of carbonyl (C=O) groups is 1. The minimum absolute atomic E-state index is 0.552. The summed E-state index contributed by atoms with van der Waals surface area (Å²) in [6, 6.07) is 3.84. The van der Waals surface area contributed by atoms with Crippen molar-refractivity contribution < 1.29 is 23.7 Å². The molecule has 0 unspecified atom stereocenters. The maximum absolute atomic E-state index is 9.96. The molecule has 0 aliphatic rings. The Morgan fingerprint density at radius 3 is 1.93 bits per heavy atom. The largest absolute Gasteiger partial charge is 0.378 e. The molecule has 1 aromatic rings. The van der Waals surface area contributed by atoms with Gasteiger partial charge in [-0.2, -0.15) is 0 Å². The summed E-state index contributed by atoms with van der Waals surface area (Å²) in [5, 5.41) is 3.00. The molecule has 0 bridgehead atoms. The van der Waals surface area contributed by atoms with E-state index in [0.717, 1.165) is 25.9 Å². The van der Waals surface area contributed by atoms with E-state index in [4.69, 9.17) is 24.7 Å². The van der Waals surface area contributed by atoms with Crippen LogP contribution in [0.4, 0.5) is 0 Å². The average Bonchev–Trinajstić information content (AvgIpc) is 2.71. The fraction of sp³-hybridized carbons (Fsp3) is 0.684. The van der Waals surface area contributed by atoms with Crippen molar-refractivity contribution in [3.8, 4) is 0 Å². The van der Waals surface area contributed by atoms with E-state index >= 15 is 0 Å². The second-order valence-electron chi connectivity index (χ2n) is 5.40. The van der Waals surface area contributed by atoms with E-state index < -0.39 is 0 Å². The molecule has 0 saturated carbocycles. The third-order valence-corrected chi connectivity index (χ3v) is 3.17. The molecule has 1 aromatic heterocycles. The molecule has 27 heavy (non-hydrogen) atoms. The molecule has 0 atom stereocenters. The zero-order chi connectivity index (χ0) is 19.8. The van der Waals surface area contributed by atoms with Crippen molar-refractivity contribution in [2.24, 2.45) is 5.73 Å². The predicted molar refractivity (Wildman–Crippen MR) is 105 cm³/mol. The Balaban J connectivity index is 0.000000569. The first-order valence-corrected chi connectivity index (χ1v) is 9.33. The molecule has 0 saturated heterocycles. The first-order valence-electron chi connectivity index (χ1n) is 9.33. The van der Waals surface area contributed by atoms with Gasteiger partial charge in [0.25, 0.3) is 0 Å². The summed E-state index contributed by atoms with van der Waals surface area (Å²) in [4.78, 5) is 13.8. The highest BCUT2D eigenvalue weighted by Crippen LogP contribution is 1.98. The molecule has 8 nitrogen and oxygen atoms in total. The highest BCUT2D eigenvalue weighted by molar-refractivity contribution is 5.49. The van der Waals surface area contributed by atoms with Crippen LogP contribution in [0.5, 0.6) is 0 Å². The molecular weight excluding hydrogens is 350 g/mol. The number of pyridine rings is 1. The Labute approximate surface area is 162 Å². The van der Waals surface area contributed by atoms with Gasteiger partial charge < -0.3 is 34.8 Å². The van der Waals surface area contributed by atoms with Crippen LogP contribution in [0, 0.1) is 0 Å². The molecule has 0 aliphatic heterocycles. The molecular formula is C19H35N3O5. The summed E-state index contributed by atoms with van der Waals surface area (Å²) in [5.41, 5.74) is 6.43. The number of aromatic nitrogens is 1. The molecule has 0 fully saturated rings. The van der Waals surface area contributed by atoms with Crippen molar-refractivity contribution in [2.75, 3.05) is 73.0 Å². The monoisotopic (exact) mass is 385 g/mol. The van der Waals surface area contributed by atoms with Crippen LogP contribution in [-0.4, -0.2) is 84.3 Å². The summed E-state index contributed by atoms with van der Waals surface area (Å²) in [6.07, 6.45) is 5.83. The molecule has 0 aromatic carbocycles. The van der Waals surface area contributed by atoms with Crippen molar-refractivity contribution in [1.82, 2.24) is 10.3 Å². The number of rotatable bonds is 17. The van der Waals surface area contributed by atoms with Gasteiger partial charge in [0.2, 0.25) is 0 Å². The second-order valence-corrected chi connectivity index (χ2v) is 5.40. The van der Waals surface area contributed by atoms with E-state index in [1.165, 1.54) is 5.56 Å². The molecule has 1 heterocycles. The zero-order valence-electron chi connectivity index (χ0n) is 16.4. The first kappa shape index (κ1) is 25.6. The minimum Gasteiger partial charge on any atom is -0.378 e. The third kappa shape index (κ3) is 20.7. The summed E-state index contributed by atoms with van der Waals surface area (Å²) in [6.45, 7) is 6.31. The SMILES string of the molecule is CNCCOCCOCCOCCOCCN.O=CCCc1ccncc1. The quantitative estimate of drug-likeness (QED) is 0.294. The fourth-order valence-corrected chi connectivity index (χ4v) is 1.79. The van der Waals surface area contributed by atoms with Crippen LogP contribution in [0.15, 0.2) is 24.5 Å². The van der Waals surface area contributed by atoms with Crippen LogP contribution in [0.2, 0.25) is 0 Å². The highest BCUT2D eigenvalue weighted by atomic mass is 16.6. The van der Waals surface area contributed by atoms with Crippen LogP contribution in [0.1, 0.15) is 12.0 Å². The predicted octanol–water partition coefficient (Wildman–Crippen LogP) is 0.444. The standard InChI is InChI=1S/C11H26N2O4.C8H9NO/c1-13-3-5-15-7-9-17-11-10-16-8-6-14-4-2-12;10-7-1-2-8-3-5-9-6-4-8/h13H,2-12H2,1H3;3-7H,1-2H2.